The van der Waals surface area contributed by atoms with Gasteiger partial charge in [0.1, 0.15) is 0 Å². The van der Waals surface area contributed by atoms with Crippen molar-refractivity contribution in [3.8, 4) is 11.5 Å². The van der Waals surface area contributed by atoms with Crippen LogP contribution in [0.15, 0.2) is 92.0 Å². The first-order chi connectivity index (χ1) is 15.5. The van der Waals surface area contributed by atoms with Crippen molar-refractivity contribution in [2.45, 2.75) is 5.22 Å². The van der Waals surface area contributed by atoms with Gasteiger partial charge < -0.3 is 4.42 Å². The Labute approximate surface area is 206 Å². The maximum atomic E-state index is 13.1. The highest BCUT2D eigenvalue weighted by molar-refractivity contribution is 9.10. The maximum Gasteiger partial charge on any atom is 0.283 e. The van der Waals surface area contributed by atoms with Crippen molar-refractivity contribution in [1.82, 2.24) is 10.2 Å². The lowest BCUT2D eigenvalue weighted by molar-refractivity contribution is 0.106. The normalized spacial score (nSPS) is 11.4. The summed E-state index contributed by atoms with van der Waals surface area (Å²) in [6.45, 7) is 0. The molecule has 1 aromatic heterocycles. The molecule has 0 bridgehead atoms. The van der Waals surface area contributed by atoms with Gasteiger partial charge >= 0.3 is 0 Å². The van der Waals surface area contributed by atoms with Crippen LogP contribution in [-0.2, 0) is 0 Å². The van der Waals surface area contributed by atoms with Gasteiger partial charge in [-0.05, 0) is 48.2 Å². The van der Waals surface area contributed by atoms with Crippen molar-refractivity contribution in [2.75, 3.05) is 5.43 Å². The molecular weight excluding hydrogens is 535 g/mol. The van der Waals surface area contributed by atoms with E-state index in [1.165, 1.54) is 0 Å². The molecule has 0 spiro atoms. The summed E-state index contributed by atoms with van der Waals surface area (Å²) in [6, 6.07) is 21.2. The van der Waals surface area contributed by atoms with Crippen molar-refractivity contribution >= 4 is 67.4 Å². The molecule has 0 amide bonds. The number of nitrogens with zero attached hydrogens (tertiary/aromatic N) is 3. The van der Waals surface area contributed by atoms with Crippen LogP contribution in [0.2, 0.25) is 10.0 Å². The molecule has 0 unspecified atom stereocenters. The van der Waals surface area contributed by atoms with E-state index >= 15 is 0 Å². The van der Waals surface area contributed by atoms with Crippen LogP contribution in [-0.4, -0.2) is 21.0 Å². The Balaban J connectivity index is 1.63. The van der Waals surface area contributed by atoms with Crippen LogP contribution in [0.25, 0.3) is 11.5 Å². The number of hydrogen-bond donors (Lipinski definition) is 1. The summed E-state index contributed by atoms with van der Waals surface area (Å²) < 4.78 is 6.63. The Kier molecular flexibility index (Phi) is 7.26. The fraction of sp³-hybridized carbons (Fsp3) is 0. The Bertz CT molecular complexity index is 1300. The molecule has 4 aromatic rings. The Hall–Kier alpha value is -2.65. The number of thioether (sulfide) groups is 1. The molecule has 0 aliphatic carbocycles. The third kappa shape index (κ3) is 5.58. The number of benzene rings is 3. The summed E-state index contributed by atoms with van der Waals surface area (Å²) in [5, 5.41) is 13.5. The molecule has 0 saturated carbocycles. The van der Waals surface area contributed by atoms with Crippen molar-refractivity contribution in [3.05, 3.63) is 92.9 Å². The minimum atomic E-state index is -0.310. The van der Waals surface area contributed by atoms with Crippen LogP contribution in [0, 0.1) is 0 Å². The molecule has 1 N–H and O–H groups in total. The van der Waals surface area contributed by atoms with Crippen molar-refractivity contribution in [1.29, 1.82) is 0 Å². The zero-order valence-electron chi connectivity index (χ0n) is 16.1. The molecule has 0 radical (unpaired) electrons. The molecule has 0 atom stereocenters. The number of nitrogens with one attached hydrogen (secondary N) is 1. The third-order valence-electron chi connectivity index (χ3n) is 4.10. The highest BCUT2D eigenvalue weighted by atomic mass is 79.9. The van der Waals surface area contributed by atoms with E-state index < -0.39 is 0 Å². The van der Waals surface area contributed by atoms with Gasteiger partial charge in [-0.15, -0.1) is 10.2 Å². The van der Waals surface area contributed by atoms with Crippen LogP contribution in [0.5, 0.6) is 0 Å². The molecule has 10 heteroatoms. The first-order valence-electron chi connectivity index (χ1n) is 9.15. The van der Waals surface area contributed by atoms with Gasteiger partial charge in [-0.2, -0.15) is 5.10 Å². The van der Waals surface area contributed by atoms with Crippen LogP contribution >= 0.6 is 50.9 Å². The average molecular weight is 548 g/mol. The number of ketones is 1. The number of anilines is 1. The van der Waals surface area contributed by atoms with Crippen LogP contribution < -0.4 is 5.43 Å². The average Bonchev–Trinajstić information content (AvgIpc) is 3.26. The first kappa shape index (κ1) is 22.5. The van der Waals surface area contributed by atoms with Crippen molar-refractivity contribution in [3.63, 3.8) is 0 Å². The summed E-state index contributed by atoms with van der Waals surface area (Å²) in [7, 11) is 0. The van der Waals surface area contributed by atoms with Gasteiger partial charge in [-0.25, -0.2) is 0 Å². The molecule has 0 aliphatic rings. The lowest BCUT2D eigenvalue weighted by Gasteiger charge is -2.07. The minimum Gasteiger partial charge on any atom is -0.411 e. The van der Waals surface area contributed by atoms with Gasteiger partial charge in [0.15, 0.2) is 5.04 Å². The van der Waals surface area contributed by atoms with E-state index in [0.717, 1.165) is 21.8 Å². The van der Waals surface area contributed by atoms with E-state index in [0.29, 0.717) is 27.2 Å². The lowest BCUT2D eigenvalue weighted by Crippen LogP contribution is -2.13. The van der Waals surface area contributed by atoms with Crippen LogP contribution in [0.1, 0.15) is 10.4 Å². The summed E-state index contributed by atoms with van der Waals surface area (Å²) in [6.07, 6.45) is 0. The largest absolute Gasteiger partial charge is 0.411 e. The smallest absolute Gasteiger partial charge is 0.283 e. The van der Waals surface area contributed by atoms with Crippen LogP contribution in [0.4, 0.5) is 5.69 Å². The zero-order valence-corrected chi connectivity index (χ0v) is 20.0. The molecule has 160 valence electrons. The summed E-state index contributed by atoms with van der Waals surface area (Å²) in [5.74, 6) is 0.0180. The predicted octanol–water partition coefficient (Wildman–Crippen LogP) is 7.21. The molecule has 0 saturated heterocycles. The molecule has 3 aromatic carbocycles. The van der Waals surface area contributed by atoms with E-state index in [1.807, 2.05) is 30.3 Å². The van der Waals surface area contributed by atoms with E-state index in [2.05, 4.69) is 36.7 Å². The highest BCUT2D eigenvalue weighted by Gasteiger charge is 2.20. The molecule has 6 nitrogen and oxygen atoms in total. The number of carbonyl (C=O) groups is 1. The molecule has 32 heavy (non-hydrogen) atoms. The predicted molar refractivity (Wildman–Crippen MR) is 132 cm³/mol. The Morgan fingerprint density at radius 3 is 2.56 bits per heavy atom. The van der Waals surface area contributed by atoms with Gasteiger partial charge in [0, 0.05) is 20.6 Å². The maximum absolute atomic E-state index is 13.1. The monoisotopic (exact) mass is 546 g/mol. The number of rotatable bonds is 6. The topological polar surface area (TPSA) is 80.4 Å². The Morgan fingerprint density at radius 2 is 1.81 bits per heavy atom. The molecule has 4 rings (SSSR count). The van der Waals surface area contributed by atoms with Crippen LogP contribution in [0.3, 0.4) is 0 Å². The molecule has 0 fully saturated rings. The minimum absolute atomic E-state index is 0.103. The Morgan fingerprint density at radius 1 is 1.00 bits per heavy atom. The van der Waals surface area contributed by atoms with E-state index in [-0.39, 0.29) is 16.0 Å². The number of hydrogen-bond acceptors (Lipinski definition) is 7. The lowest BCUT2D eigenvalue weighted by atomic mass is 10.1. The van der Waals surface area contributed by atoms with E-state index in [1.54, 1.807) is 42.5 Å². The van der Waals surface area contributed by atoms with Gasteiger partial charge in [-0.3, -0.25) is 10.2 Å². The molecule has 0 aliphatic heterocycles. The number of aromatic nitrogens is 2. The number of hydrazone groups is 1. The number of halogens is 3. The standard InChI is InChI=1S/C22H13BrCl2N4O2S/c23-15-8-4-7-14(11-15)20-27-29-22(31-20)32-21(19(30)13-5-2-1-3-6-13)28-26-18-10-9-16(24)12-17(18)25/h1-12,26H/b28-21+. The first-order valence-corrected chi connectivity index (χ1v) is 11.5. The van der Waals surface area contributed by atoms with Gasteiger partial charge in [0.2, 0.25) is 11.7 Å². The quantitative estimate of drug-likeness (QED) is 0.0903. The second-order valence-electron chi connectivity index (χ2n) is 6.33. The fourth-order valence-corrected chi connectivity index (χ4v) is 4.12. The summed E-state index contributed by atoms with van der Waals surface area (Å²) >= 11 is 16.5. The summed E-state index contributed by atoms with van der Waals surface area (Å²) in [5.41, 5.74) is 4.53. The van der Waals surface area contributed by atoms with Crippen molar-refractivity contribution < 1.29 is 9.21 Å². The van der Waals surface area contributed by atoms with Gasteiger partial charge in [0.25, 0.3) is 5.22 Å². The van der Waals surface area contributed by atoms with E-state index in [4.69, 9.17) is 27.6 Å². The van der Waals surface area contributed by atoms with Gasteiger partial charge in [-0.1, -0.05) is 75.5 Å². The highest BCUT2D eigenvalue weighted by Crippen LogP contribution is 2.28. The second kappa shape index (κ2) is 10.3. The van der Waals surface area contributed by atoms with E-state index in [9.17, 15) is 4.79 Å². The second-order valence-corrected chi connectivity index (χ2v) is 9.03. The van der Waals surface area contributed by atoms with Gasteiger partial charge in [0.05, 0.1) is 10.7 Å². The van der Waals surface area contributed by atoms with Crippen molar-refractivity contribution in [2.24, 2.45) is 5.10 Å². The third-order valence-corrected chi connectivity index (χ3v) is 5.95. The fourth-order valence-electron chi connectivity index (χ4n) is 2.60. The summed E-state index contributed by atoms with van der Waals surface area (Å²) in [4.78, 5) is 13.1. The number of carbonyl (C=O) groups excluding carboxylic acids is 1. The SMILES string of the molecule is O=C(/C(=N\Nc1ccc(Cl)cc1Cl)Sc1nnc(-c2cccc(Br)c2)o1)c1ccccc1. The molecular formula is C22H13BrCl2N4O2S. The number of Topliss-reactive ketones (excluding diaryl/α,β-unsaturated/α-hetero) is 1. The zero-order chi connectivity index (χ0) is 22.5. The molecule has 1 heterocycles.